The van der Waals surface area contributed by atoms with Crippen molar-refractivity contribution in [3.8, 4) is 6.07 Å². The fourth-order valence-corrected chi connectivity index (χ4v) is 3.59. The van der Waals surface area contributed by atoms with Crippen molar-refractivity contribution in [1.29, 1.82) is 5.26 Å². The summed E-state index contributed by atoms with van der Waals surface area (Å²) in [5, 5.41) is 19.1. The zero-order valence-electron chi connectivity index (χ0n) is 18.2. The molecule has 9 heteroatoms. The summed E-state index contributed by atoms with van der Waals surface area (Å²) in [4.78, 5) is 33.5. The summed E-state index contributed by atoms with van der Waals surface area (Å²) in [6, 6.07) is 12.2. The number of aryl methyl sites for hydroxylation is 2. The van der Waals surface area contributed by atoms with Crippen LogP contribution in [-0.2, 0) is 11.2 Å². The van der Waals surface area contributed by atoms with Crippen LogP contribution >= 0.6 is 0 Å². The Balaban J connectivity index is 1.42. The number of amides is 2. The number of rotatable bonds is 6. The van der Waals surface area contributed by atoms with Gasteiger partial charge in [0.15, 0.2) is 5.65 Å². The Morgan fingerprint density at radius 1 is 1.09 bits per heavy atom. The quantitative estimate of drug-likeness (QED) is 0.474. The Labute approximate surface area is 190 Å². The molecule has 0 radical (unpaired) electrons. The maximum Gasteiger partial charge on any atom is 0.255 e. The van der Waals surface area contributed by atoms with Gasteiger partial charge in [0.05, 0.1) is 6.20 Å². The molecule has 3 heterocycles. The highest BCUT2D eigenvalue weighted by molar-refractivity contribution is 6.05. The Morgan fingerprint density at radius 2 is 1.88 bits per heavy atom. The van der Waals surface area contributed by atoms with Crippen LogP contribution in [0.1, 0.15) is 39.3 Å². The van der Waals surface area contributed by atoms with Gasteiger partial charge in [0, 0.05) is 47.1 Å². The molecule has 164 valence electrons. The number of fused-ring (bicyclic) bond motifs is 1. The number of anilines is 2. The van der Waals surface area contributed by atoms with E-state index in [9.17, 15) is 14.9 Å². The molecule has 0 spiro atoms. The van der Waals surface area contributed by atoms with Gasteiger partial charge in [-0.25, -0.2) is 9.50 Å². The molecule has 0 fully saturated rings. The summed E-state index contributed by atoms with van der Waals surface area (Å²) in [5.41, 5.74) is 5.06. The van der Waals surface area contributed by atoms with Crippen LogP contribution in [0.2, 0.25) is 0 Å². The molecule has 4 rings (SSSR count). The first-order valence-electron chi connectivity index (χ1n) is 10.3. The lowest BCUT2D eigenvalue weighted by Gasteiger charge is -2.12. The van der Waals surface area contributed by atoms with E-state index >= 15 is 0 Å². The van der Waals surface area contributed by atoms with Gasteiger partial charge in [-0.05, 0) is 56.2 Å². The number of nitrogens with zero attached hydrogens (tertiary/aromatic N) is 5. The van der Waals surface area contributed by atoms with Gasteiger partial charge in [-0.1, -0.05) is 6.07 Å². The van der Waals surface area contributed by atoms with E-state index in [1.165, 1.54) is 6.20 Å². The molecule has 2 N–H and O–H groups in total. The molecule has 2 amide bonds. The van der Waals surface area contributed by atoms with E-state index in [1.54, 1.807) is 53.3 Å². The zero-order chi connectivity index (χ0) is 23.4. The van der Waals surface area contributed by atoms with Crippen LogP contribution in [-0.4, -0.2) is 31.4 Å². The molecule has 0 atom stereocenters. The topological polar surface area (TPSA) is 125 Å². The molecule has 0 saturated heterocycles. The smallest absolute Gasteiger partial charge is 0.255 e. The van der Waals surface area contributed by atoms with E-state index in [0.29, 0.717) is 34.6 Å². The summed E-state index contributed by atoms with van der Waals surface area (Å²) in [6.07, 6.45) is 5.38. The molecule has 1 aromatic carbocycles. The van der Waals surface area contributed by atoms with E-state index in [1.807, 2.05) is 13.8 Å². The van der Waals surface area contributed by atoms with Crippen LogP contribution in [0.5, 0.6) is 0 Å². The van der Waals surface area contributed by atoms with Crippen LogP contribution in [0.25, 0.3) is 5.65 Å². The third-order valence-electron chi connectivity index (χ3n) is 5.28. The molecule has 0 unspecified atom stereocenters. The lowest BCUT2D eigenvalue weighted by atomic mass is 10.1. The van der Waals surface area contributed by atoms with E-state index in [0.717, 1.165) is 17.0 Å². The third kappa shape index (κ3) is 4.70. The van der Waals surface area contributed by atoms with Crippen molar-refractivity contribution in [1.82, 2.24) is 19.6 Å². The number of benzene rings is 1. The standard InChI is InChI=1S/C24H21N7O2/c1-15-21(16(2)31-23(28-15)18(13-25)14-27-31)6-7-22(32)29-20-5-3-4-17(12-20)24(33)30-19-8-10-26-11-9-19/h3-5,8-12,14H,6-7H2,1-2H3,(H,29,32)(H,26,30,33). The lowest BCUT2D eigenvalue weighted by molar-refractivity contribution is -0.116. The molecular formula is C24H21N7O2. The van der Waals surface area contributed by atoms with Crippen molar-refractivity contribution in [3.63, 3.8) is 0 Å². The molecule has 4 aromatic rings. The van der Waals surface area contributed by atoms with Gasteiger partial charge in [-0.15, -0.1) is 0 Å². The normalized spacial score (nSPS) is 10.6. The van der Waals surface area contributed by atoms with Gasteiger partial charge in [0.1, 0.15) is 11.6 Å². The molecule has 0 saturated carbocycles. The van der Waals surface area contributed by atoms with Gasteiger partial charge < -0.3 is 10.6 Å². The largest absolute Gasteiger partial charge is 0.326 e. The van der Waals surface area contributed by atoms with Crippen LogP contribution in [0.15, 0.2) is 55.0 Å². The number of aromatic nitrogens is 4. The monoisotopic (exact) mass is 439 g/mol. The van der Waals surface area contributed by atoms with E-state index < -0.39 is 0 Å². The van der Waals surface area contributed by atoms with Crippen molar-refractivity contribution in [2.45, 2.75) is 26.7 Å². The van der Waals surface area contributed by atoms with Gasteiger partial charge in [-0.3, -0.25) is 14.6 Å². The molecule has 0 aliphatic heterocycles. The second kappa shape index (κ2) is 9.28. The highest BCUT2D eigenvalue weighted by atomic mass is 16.2. The predicted octanol–water partition coefficient (Wildman–Crippen LogP) is 3.44. The molecule has 0 aliphatic rings. The second-order valence-electron chi connectivity index (χ2n) is 7.49. The summed E-state index contributed by atoms with van der Waals surface area (Å²) in [6.45, 7) is 3.76. The van der Waals surface area contributed by atoms with E-state index in [-0.39, 0.29) is 18.2 Å². The second-order valence-corrected chi connectivity index (χ2v) is 7.49. The summed E-state index contributed by atoms with van der Waals surface area (Å²) < 4.78 is 1.63. The average Bonchev–Trinajstić information content (AvgIpc) is 3.22. The minimum Gasteiger partial charge on any atom is -0.326 e. The molecule has 3 aromatic heterocycles. The van der Waals surface area contributed by atoms with Crippen LogP contribution in [0.3, 0.4) is 0 Å². The highest BCUT2D eigenvalue weighted by Gasteiger charge is 2.15. The Hall–Kier alpha value is -4.58. The minimum absolute atomic E-state index is 0.182. The van der Waals surface area contributed by atoms with Crippen LogP contribution in [0.4, 0.5) is 11.4 Å². The van der Waals surface area contributed by atoms with Crippen molar-refractivity contribution >= 4 is 28.8 Å². The van der Waals surface area contributed by atoms with Crippen LogP contribution in [0, 0.1) is 25.2 Å². The van der Waals surface area contributed by atoms with Gasteiger partial charge in [-0.2, -0.15) is 10.4 Å². The van der Waals surface area contributed by atoms with Gasteiger partial charge >= 0.3 is 0 Å². The number of hydrogen-bond donors (Lipinski definition) is 2. The highest BCUT2D eigenvalue weighted by Crippen LogP contribution is 2.19. The van der Waals surface area contributed by atoms with Crippen LogP contribution < -0.4 is 10.6 Å². The third-order valence-corrected chi connectivity index (χ3v) is 5.28. The Kier molecular flexibility index (Phi) is 6.09. The SMILES string of the molecule is Cc1nc2c(C#N)cnn2c(C)c1CCC(=O)Nc1cccc(C(=O)Nc2ccncc2)c1. The van der Waals surface area contributed by atoms with Gasteiger partial charge in [0.25, 0.3) is 5.91 Å². The number of pyridine rings is 1. The number of nitrogens with one attached hydrogen (secondary N) is 2. The van der Waals surface area contributed by atoms with E-state index in [2.05, 4.69) is 31.8 Å². The fraction of sp³-hybridized carbons (Fsp3) is 0.167. The Morgan fingerprint density at radius 3 is 2.64 bits per heavy atom. The first-order valence-corrected chi connectivity index (χ1v) is 10.3. The van der Waals surface area contributed by atoms with Crippen molar-refractivity contribution < 1.29 is 9.59 Å². The molecule has 0 bridgehead atoms. The Bertz CT molecular complexity index is 1390. The minimum atomic E-state index is -0.279. The first-order chi connectivity index (χ1) is 16.0. The predicted molar refractivity (Wildman–Crippen MR) is 123 cm³/mol. The molecule has 33 heavy (non-hydrogen) atoms. The first kappa shape index (κ1) is 21.6. The molecule has 9 nitrogen and oxygen atoms in total. The van der Waals surface area contributed by atoms with Crippen molar-refractivity contribution in [2.24, 2.45) is 0 Å². The summed E-state index contributed by atoms with van der Waals surface area (Å²) in [5.74, 6) is -0.461. The fourth-order valence-electron chi connectivity index (χ4n) is 3.59. The van der Waals surface area contributed by atoms with E-state index in [4.69, 9.17) is 0 Å². The molecule has 0 aliphatic carbocycles. The lowest BCUT2D eigenvalue weighted by Crippen LogP contribution is -2.16. The average molecular weight is 439 g/mol. The summed E-state index contributed by atoms with van der Waals surface area (Å²) in [7, 11) is 0. The number of carbonyl (C=O) groups is 2. The number of carbonyl (C=O) groups excluding carboxylic acids is 2. The maximum atomic E-state index is 12.6. The maximum absolute atomic E-state index is 12.6. The van der Waals surface area contributed by atoms with Gasteiger partial charge in [0.2, 0.25) is 5.91 Å². The molecular weight excluding hydrogens is 418 g/mol. The van der Waals surface area contributed by atoms with Crippen molar-refractivity contribution in [2.75, 3.05) is 10.6 Å². The zero-order valence-corrected chi connectivity index (χ0v) is 18.2. The summed E-state index contributed by atoms with van der Waals surface area (Å²) >= 11 is 0. The number of nitriles is 1. The van der Waals surface area contributed by atoms with Crippen molar-refractivity contribution in [3.05, 3.63) is 83.1 Å². The number of hydrogen-bond acceptors (Lipinski definition) is 6.